The summed E-state index contributed by atoms with van der Waals surface area (Å²) in [5.74, 6) is 0. The smallest absolute Gasteiger partial charge is 0.0774 e. The monoisotopic (exact) mass is 226 g/mol. The van der Waals surface area contributed by atoms with Crippen molar-refractivity contribution in [2.75, 3.05) is 39.3 Å². The molecular weight excluding hydrogens is 200 g/mol. The maximum absolute atomic E-state index is 10.5. The van der Waals surface area contributed by atoms with Gasteiger partial charge in [0.15, 0.2) is 0 Å². The van der Waals surface area contributed by atoms with Gasteiger partial charge in [-0.15, -0.1) is 0 Å². The van der Waals surface area contributed by atoms with Gasteiger partial charge in [0.1, 0.15) is 0 Å². The van der Waals surface area contributed by atoms with E-state index in [4.69, 9.17) is 0 Å². The maximum atomic E-state index is 10.5. The number of piperazine rings is 1. The van der Waals surface area contributed by atoms with Gasteiger partial charge in [0.2, 0.25) is 0 Å². The first-order chi connectivity index (χ1) is 7.72. The molecule has 0 spiro atoms. The van der Waals surface area contributed by atoms with Crippen LogP contribution in [0, 0.1) is 0 Å². The average Bonchev–Trinajstić information content (AvgIpc) is 2.30. The molecule has 1 N–H and O–H groups in total. The van der Waals surface area contributed by atoms with Crippen molar-refractivity contribution in [1.82, 2.24) is 9.80 Å². The molecule has 0 atom stereocenters. The van der Waals surface area contributed by atoms with E-state index in [2.05, 4.69) is 16.7 Å². The molecule has 2 fully saturated rings. The minimum Gasteiger partial charge on any atom is -0.389 e. The second-order valence-corrected chi connectivity index (χ2v) is 5.50. The molecule has 0 bridgehead atoms. The van der Waals surface area contributed by atoms with E-state index in [1.165, 1.54) is 32.4 Å². The SMILES string of the molecule is CCN1CCN(CC2(O)CCCCC2)CC1. The van der Waals surface area contributed by atoms with Gasteiger partial charge in [-0.05, 0) is 19.4 Å². The molecule has 1 saturated heterocycles. The lowest BCUT2D eigenvalue weighted by Gasteiger charge is -2.40. The Morgan fingerprint density at radius 2 is 1.50 bits per heavy atom. The molecule has 0 aromatic rings. The molecule has 2 rings (SSSR count). The fraction of sp³-hybridized carbons (Fsp3) is 1.00. The Morgan fingerprint density at radius 1 is 0.938 bits per heavy atom. The third kappa shape index (κ3) is 3.19. The van der Waals surface area contributed by atoms with Crippen molar-refractivity contribution in [2.45, 2.75) is 44.6 Å². The minimum absolute atomic E-state index is 0.368. The van der Waals surface area contributed by atoms with E-state index >= 15 is 0 Å². The highest BCUT2D eigenvalue weighted by Gasteiger charge is 2.32. The van der Waals surface area contributed by atoms with Crippen LogP contribution < -0.4 is 0 Å². The Kier molecular flexibility index (Phi) is 4.22. The second kappa shape index (κ2) is 5.48. The predicted octanol–water partition coefficient (Wildman–Crippen LogP) is 1.32. The van der Waals surface area contributed by atoms with Crippen LogP contribution in [-0.2, 0) is 0 Å². The molecule has 94 valence electrons. The molecule has 2 aliphatic rings. The van der Waals surface area contributed by atoms with Crippen molar-refractivity contribution in [3.63, 3.8) is 0 Å². The highest BCUT2D eigenvalue weighted by Crippen LogP contribution is 2.28. The van der Waals surface area contributed by atoms with Gasteiger partial charge in [-0.25, -0.2) is 0 Å². The van der Waals surface area contributed by atoms with Crippen molar-refractivity contribution in [2.24, 2.45) is 0 Å². The molecule has 1 aliphatic carbocycles. The molecule has 1 heterocycles. The number of rotatable bonds is 3. The lowest BCUT2D eigenvalue weighted by atomic mass is 9.84. The maximum Gasteiger partial charge on any atom is 0.0774 e. The molecule has 0 amide bonds. The van der Waals surface area contributed by atoms with E-state index in [9.17, 15) is 5.11 Å². The molecule has 0 radical (unpaired) electrons. The highest BCUT2D eigenvalue weighted by atomic mass is 16.3. The standard InChI is InChI=1S/C13H26N2O/c1-2-14-8-10-15(11-9-14)12-13(16)6-4-3-5-7-13/h16H,2-12H2,1H3. The van der Waals surface area contributed by atoms with Gasteiger partial charge in [-0.2, -0.15) is 0 Å². The van der Waals surface area contributed by atoms with Gasteiger partial charge in [0.25, 0.3) is 0 Å². The zero-order valence-electron chi connectivity index (χ0n) is 10.6. The fourth-order valence-electron chi connectivity index (χ4n) is 3.05. The van der Waals surface area contributed by atoms with Gasteiger partial charge < -0.3 is 10.0 Å². The van der Waals surface area contributed by atoms with E-state index in [0.29, 0.717) is 0 Å². The Balaban J connectivity index is 1.77. The molecule has 16 heavy (non-hydrogen) atoms. The first-order valence-corrected chi connectivity index (χ1v) is 6.89. The number of aliphatic hydroxyl groups is 1. The molecule has 3 heteroatoms. The molecule has 0 unspecified atom stereocenters. The van der Waals surface area contributed by atoms with Crippen LogP contribution in [0.15, 0.2) is 0 Å². The van der Waals surface area contributed by atoms with Crippen LogP contribution in [0.25, 0.3) is 0 Å². The molecule has 3 nitrogen and oxygen atoms in total. The second-order valence-electron chi connectivity index (χ2n) is 5.50. The Labute approximate surface area is 99.4 Å². The van der Waals surface area contributed by atoms with E-state index in [1.807, 2.05) is 0 Å². The summed E-state index contributed by atoms with van der Waals surface area (Å²) in [6.45, 7) is 8.92. The number of hydrogen-bond acceptors (Lipinski definition) is 3. The van der Waals surface area contributed by atoms with Crippen molar-refractivity contribution in [3.8, 4) is 0 Å². The van der Waals surface area contributed by atoms with E-state index in [-0.39, 0.29) is 5.60 Å². The first-order valence-electron chi connectivity index (χ1n) is 6.89. The Bertz CT molecular complexity index is 206. The predicted molar refractivity (Wildman–Crippen MR) is 66.6 cm³/mol. The van der Waals surface area contributed by atoms with Crippen LogP contribution in [0.4, 0.5) is 0 Å². The minimum atomic E-state index is -0.368. The number of hydrogen-bond donors (Lipinski definition) is 1. The van der Waals surface area contributed by atoms with Crippen molar-refractivity contribution in [3.05, 3.63) is 0 Å². The summed E-state index contributed by atoms with van der Waals surface area (Å²) in [5, 5.41) is 10.5. The fourth-order valence-corrected chi connectivity index (χ4v) is 3.05. The average molecular weight is 226 g/mol. The zero-order valence-corrected chi connectivity index (χ0v) is 10.6. The topological polar surface area (TPSA) is 26.7 Å². The lowest BCUT2D eigenvalue weighted by Crippen LogP contribution is -2.52. The lowest BCUT2D eigenvalue weighted by molar-refractivity contribution is -0.0351. The number of β-amino-alcohol motifs (C(OH)–C–C–N with tert-alkyl or cyclic N) is 1. The van der Waals surface area contributed by atoms with Crippen LogP contribution in [-0.4, -0.2) is 59.8 Å². The zero-order chi connectivity index (χ0) is 11.4. The van der Waals surface area contributed by atoms with Crippen molar-refractivity contribution in [1.29, 1.82) is 0 Å². The first kappa shape index (κ1) is 12.3. The number of nitrogens with zero attached hydrogens (tertiary/aromatic N) is 2. The molecular formula is C13H26N2O. The Morgan fingerprint density at radius 3 is 2.06 bits per heavy atom. The van der Waals surface area contributed by atoms with Crippen LogP contribution >= 0.6 is 0 Å². The van der Waals surface area contributed by atoms with E-state index in [1.54, 1.807) is 0 Å². The van der Waals surface area contributed by atoms with Gasteiger partial charge >= 0.3 is 0 Å². The molecule has 1 saturated carbocycles. The van der Waals surface area contributed by atoms with Crippen molar-refractivity contribution >= 4 is 0 Å². The third-order valence-corrected chi connectivity index (χ3v) is 4.21. The summed E-state index contributed by atoms with van der Waals surface area (Å²) in [6, 6.07) is 0. The molecule has 0 aromatic heterocycles. The van der Waals surface area contributed by atoms with Gasteiger partial charge in [0, 0.05) is 32.7 Å². The van der Waals surface area contributed by atoms with Crippen LogP contribution in [0.5, 0.6) is 0 Å². The van der Waals surface area contributed by atoms with Crippen LogP contribution in [0.2, 0.25) is 0 Å². The van der Waals surface area contributed by atoms with Gasteiger partial charge in [0.05, 0.1) is 5.60 Å². The molecule has 0 aromatic carbocycles. The third-order valence-electron chi connectivity index (χ3n) is 4.21. The largest absolute Gasteiger partial charge is 0.389 e. The highest BCUT2D eigenvalue weighted by molar-refractivity contribution is 4.87. The van der Waals surface area contributed by atoms with E-state index < -0.39 is 0 Å². The molecule has 1 aliphatic heterocycles. The summed E-state index contributed by atoms with van der Waals surface area (Å²) >= 11 is 0. The summed E-state index contributed by atoms with van der Waals surface area (Å²) in [6.07, 6.45) is 5.77. The van der Waals surface area contributed by atoms with Gasteiger partial charge in [-0.1, -0.05) is 26.2 Å². The van der Waals surface area contributed by atoms with Crippen LogP contribution in [0.1, 0.15) is 39.0 Å². The summed E-state index contributed by atoms with van der Waals surface area (Å²) < 4.78 is 0. The normalized spacial score (nSPS) is 28.1. The number of likely N-dealkylation sites (N-methyl/N-ethyl adjacent to an activating group) is 1. The summed E-state index contributed by atoms with van der Waals surface area (Å²) in [4.78, 5) is 4.94. The Hall–Kier alpha value is -0.120. The van der Waals surface area contributed by atoms with Crippen molar-refractivity contribution < 1.29 is 5.11 Å². The summed E-state index contributed by atoms with van der Waals surface area (Å²) in [5.41, 5.74) is -0.368. The van der Waals surface area contributed by atoms with Gasteiger partial charge in [-0.3, -0.25) is 4.90 Å². The quantitative estimate of drug-likeness (QED) is 0.786. The van der Waals surface area contributed by atoms with Crippen LogP contribution in [0.3, 0.4) is 0 Å². The summed E-state index contributed by atoms with van der Waals surface area (Å²) in [7, 11) is 0. The van der Waals surface area contributed by atoms with E-state index in [0.717, 1.165) is 39.0 Å².